The summed E-state index contributed by atoms with van der Waals surface area (Å²) in [7, 11) is 0. The van der Waals surface area contributed by atoms with Crippen LogP contribution in [0.5, 0.6) is 0 Å². The van der Waals surface area contributed by atoms with E-state index in [0.717, 1.165) is 135 Å². The maximum atomic E-state index is 12.9. The highest BCUT2D eigenvalue weighted by Gasteiger charge is 2.19. The third kappa shape index (κ3) is 57.5. The fraction of sp³-hybridized carbons (Fsp3) is 0.537. The number of hydrogen-bond donors (Lipinski definition) is 0. The molecule has 0 N–H and O–H groups in total. The average Bonchev–Trinajstić information content (AvgIpc) is 3.39. The summed E-state index contributed by atoms with van der Waals surface area (Å²) in [5, 5.41) is 0. The topological polar surface area (TPSA) is 78.9 Å². The molecule has 406 valence electrons. The van der Waals surface area contributed by atoms with Gasteiger partial charge in [0, 0.05) is 12.8 Å². The Labute approximate surface area is 447 Å². The van der Waals surface area contributed by atoms with Gasteiger partial charge in [-0.15, -0.1) is 0 Å². The predicted molar refractivity (Wildman–Crippen MR) is 315 cm³/mol. The van der Waals surface area contributed by atoms with Crippen molar-refractivity contribution in [3.63, 3.8) is 0 Å². The number of rotatable bonds is 49. The van der Waals surface area contributed by atoms with Gasteiger partial charge in [0.15, 0.2) is 6.10 Å². The van der Waals surface area contributed by atoms with Gasteiger partial charge in [-0.05, 0) is 128 Å². The third-order valence-corrected chi connectivity index (χ3v) is 11.2. The molecule has 0 amide bonds. The molecule has 1 unspecified atom stereocenters. The summed E-state index contributed by atoms with van der Waals surface area (Å²) in [6.45, 7) is 6.16. The standard InChI is InChI=1S/C67H102O6/c1-4-7-10-13-16-19-22-25-28-30-32-33-35-36-39-42-45-48-51-54-57-60-66(69)72-63-64(62-71-65(68)59-56-53-50-47-44-41-38-27-24-21-18-15-12-9-6-3)73-67(70)61-58-55-52-49-46-43-40-37-34-31-29-26-23-20-17-14-11-8-5-2/h7-12,16-21,25-29,32-34,37-38,43-44,46-47,53,56,64H,4-6,13-15,22-24,30-31,35-36,39-42,45,48-52,54-55,57-63H2,1-3H3/b10-7-,11-8-,12-9-,19-16-,20-17-,21-18-,28-25-,29-26-,33-32-,37-34-,38-27-,46-43-,47-44-,56-53-. The van der Waals surface area contributed by atoms with Crippen molar-refractivity contribution in [3.05, 3.63) is 170 Å². The Hall–Kier alpha value is -5.23. The van der Waals surface area contributed by atoms with E-state index in [1.165, 1.54) is 32.1 Å². The lowest BCUT2D eigenvalue weighted by atomic mass is 10.1. The first-order chi connectivity index (χ1) is 36.0. The van der Waals surface area contributed by atoms with Crippen LogP contribution in [-0.2, 0) is 28.6 Å². The normalized spacial score (nSPS) is 13.4. The van der Waals surface area contributed by atoms with Crippen LogP contribution >= 0.6 is 0 Å². The zero-order chi connectivity index (χ0) is 52.9. The van der Waals surface area contributed by atoms with Crippen LogP contribution in [0.1, 0.15) is 213 Å². The molecule has 0 fully saturated rings. The van der Waals surface area contributed by atoms with Crippen molar-refractivity contribution in [2.45, 2.75) is 219 Å². The van der Waals surface area contributed by atoms with Crippen LogP contribution in [0.4, 0.5) is 0 Å². The maximum Gasteiger partial charge on any atom is 0.309 e. The Kier molecular flexibility index (Phi) is 55.1. The molecule has 1 atom stereocenters. The van der Waals surface area contributed by atoms with Crippen LogP contribution in [0, 0.1) is 0 Å². The van der Waals surface area contributed by atoms with Crippen molar-refractivity contribution in [1.82, 2.24) is 0 Å². The minimum absolute atomic E-state index is 0.109. The van der Waals surface area contributed by atoms with Crippen molar-refractivity contribution in [1.29, 1.82) is 0 Å². The largest absolute Gasteiger partial charge is 0.462 e. The van der Waals surface area contributed by atoms with E-state index in [1.54, 1.807) is 6.08 Å². The molecular formula is C67H102O6. The molecule has 0 spiro atoms. The molecule has 6 nitrogen and oxygen atoms in total. The first kappa shape index (κ1) is 67.8. The molecule has 0 rings (SSSR count). The molecule has 0 radical (unpaired) electrons. The highest BCUT2D eigenvalue weighted by molar-refractivity contribution is 5.72. The minimum atomic E-state index is -0.849. The van der Waals surface area contributed by atoms with Crippen molar-refractivity contribution >= 4 is 17.9 Å². The molecule has 0 aromatic heterocycles. The van der Waals surface area contributed by atoms with Gasteiger partial charge in [0.1, 0.15) is 13.2 Å². The fourth-order valence-corrected chi connectivity index (χ4v) is 7.06. The highest BCUT2D eigenvalue weighted by atomic mass is 16.6. The van der Waals surface area contributed by atoms with Crippen LogP contribution in [-0.4, -0.2) is 37.2 Å². The van der Waals surface area contributed by atoms with Crippen LogP contribution in [0.3, 0.4) is 0 Å². The van der Waals surface area contributed by atoms with Crippen LogP contribution < -0.4 is 0 Å². The number of carbonyl (C=O) groups excluding carboxylic acids is 3. The number of allylic oxidation sites excluding steroid dienone is 27. The Morgan fingerprint density at radius 2 is 0.548 bits per heavy atom. The van der Waals surface area contributed by atoms with Crippen molar-refractivity contribution < 1.29 is 28.6 Å². The Bertz CT molecular complexity index is 1720. The van der Waals surface area contributed by atoms with E-state index in [2.05, 4.69) is 179 Å². The Balaban J connectivity index is 4.58. The quantitative estimate of drug-likeness (QED) is 0.0261. The first-order valence-corrected chi connectivity index (χ1v) is 28.6. The van der Waals surface area contributed by atoms with E-state index in [0.29, 0.717) is 12.8 Å². The zero-order valence-electron chi connectivity index (χ0n) is 46.3. The second-order valence-corrected chi connectivity index (χ2v) is 18.1. The summed E-state index contributed by atoms with van der Waals surface area (Å²) in [6, 6.07) is 0. The van der Waals surface area contributed by atoms with Gasteiger partial charge in [0.25, 0.3) is 0 Å². The molecule has 73 heavy (non-hydrogen) atoms. The average molecular weight is 1000 g/mol. The van der Waals surface area contributed by atoms with Gasteiger partial charge in [0.2, 0.25) is 0 Å². The summed E-state index contributed by atoms with van der Waals surface area (Å²) in [5.74, 6) is -1.12. The van der Waals surface area contributed by atoms with E-state index in [1.807, 2.05) is 6.08 Å². The third-order valence-electron chi connectivity index (χ3n) is 11.2. The van der Waals surface area contributed by atoms with Gasteiger partial charge in [0.05, 0.1) is 6.42 Å². The zero-order valence-corrected chi connectivity index (χ0v) is 46.3. The summed E-state index contributed by atoms with van der Waals surface area (Å²) >= 11 is 0. The summed E-state index contributed by atoms with van der Waals surface area (Å²) in [5.41, 5.74) is 0. The van der Waals surface area contributed by atoms with Gasteiger partial charge >= 0.3 is 17.9 Å². The number of unbranched alkanes of at least 4 members (excludes halogenated alkanes) is 11. The molecule has 0 heterocycles. The lowest BCUT2D eigenvalue weighted by molar-refractivity contribution is -0.166. The van der Waals surface area contributed by atoms with Gasteiger partial charge in [-0.2, -0.15) is 0 Å². The smallest absolute Gasteiger partial charge is 0.309 e. The first-order valence-electron chi connectivity index (χ1n) is 28.6. The van der Waals surface area contributed by atoms with Crippen molar-refractivity contribution in [3.8, 4) is 0 Å². The van der Waals surface area contributed by atoms with Crippen LogP contribution in [0.15, 0.2) is 170 Å². The van der Waals surface area contributed by atoms with Gasteiger partial charge < -0.3 is 14.2 Å². The lowest BCUT2D eigenvalue weighted by Crippen LogP contribution is -2.30. The molecule has 0 saturated heterocycles. The minimum Gasteiger partial charge on any atom is -0.462 e. The van der Waals surface area contributed by atoms with Gasteiger partial charge in [-0.1, -0.05) is 236 Å². The molecule has 0 aliphatic heterocycles. The Morgan fingerprint density at radius 1 is 0.288 bits per heavy atom. The number of carbonyl (C=O) groups is 3. The summed E-state index contributed by atoms with van der Waals surface area (Å²) in [4.78, 5) is 38.1. The van der Waals surface area contributed by atoms with Crippen molar-refractivity contribution in [2.24, 2.45) is 0 Å². The van der Waals surface area contributed by atoms with Gasteiger partial charge in [-0.25, -0.2) is 0 Å². The summed E-state index contributed by atoms with van der Waals surface area (Å²) in [6.07, 6.45) is 87.9. The fourth-order valence-electron chi connectivity index (χ4n) is 7.06. The number of hydrogen-bond acceptors (Lipinski definition) is 6. The molecule has 0 aliphatic rings. The molecule has 0 aliphatic carbocycles. The Morgan fingerprint density at radius 3 is 0.904 bits per heavy atom. The maximum absolute atomic E-state index is 12.9. The van der Waals surface area contributed by atoms with Gasteiger partial charge in [-0.3, -0.25) is 14.4 Å². The van der Waals surface area contributed by atoms with E-state index in [4.69, 9.17) is 14.2 Å². The van der Waals surface area contributed by atoms with E-state index < -0.39 is 12.1 Å². The van der Waals surface area contributed by atoms with E-state index in [9.17, 15) is 14.4 Å². The predicted octanol–water partition coefficient (Wildman–Crippen LogP) is 19.5. The number of esters is 3. The second-order valence-electron chi connectivity index (χ2n) is 18.1. The van der Waals surface area contributed by atoms with Crippen LogP contribution in [0.2, 0.25) is 0 Å². The van der Waals surface area contributed by atoms with E-state index in [-0.39, 0.29) is 38.0 Å². The molecule has 0 bridgehead atoms. The molecule has 0 saturated carbocycles. The SMILES string of the molecule is CC/C=C\C/C=C\C/C=C\C/C=C\C/C=C\CCCCCC(=O)OC(COC(=O)C/C=C\C/C=C\C/C=C\C/C=C\C/C=C\CC)COC(=O)CCCCCCCCCC/C=C\C/C=C\C/C=C\C/C=C\CC. The molecule has 0 aromatic carbocycles. The lowest BCUT2D eigenvalue weighted by Gasteiger charge is -2.18. The molecular weight excluding hydrogens is 901 g/mol. The molecule has 6 heteroatoms. The highest BCUT2D eigenvalue weighted by Crippen LogP contribution is 2.13. The summed E-state index contributed by atoms with van der Waals surface area (Å²) < 4.78 is 16.7. The number of ether oxygens (including phenoxy) is 3. The monoisotopic (exact) mass is 1000 g/mol. The molecule has 0 aromatic rings. The van der Waals surface area contributed by atoms with Crippen LogP contribution in [0.25, 0.3) is 0 Å². The second kappa shape index (κ2) is 59.3. The van der Waals surface area contributed by atoms with Crippen molar-refractivity contribution in [2.75, 3.05) is 13.2 Å². The van der Waals surface area contributed by atoms with E-state index >= 15 is 0 Å².